The highest BCUT2D eigenvalue weighted by Gasteiger charge is 2.22. The second kappa shape index (κ2) is 10.5. The Hall–Kier alpha value is -2.30. The molecule has 1 atom stereocenters. The number of amides is 1. The number of hydrogen-bond acceptors (Lipinski definition) is 2. The van der Waals surface area contributed by atoms with Crippen molar-refractivity contribution in [1.29, 1.82) is 0 Å². The summed E-state index contributed by atoms with van der Waals surface area (Å²) < 4.78 is 0. The number of nitrogens with zero attached hydrogens (tertiary/aromatic N) is 1. The van der Waals surface area contributed by atoms with Crippen LogP contribution in [0.2, 0.25) is 5.02 Å². The van der Waals surface area contributed by atoms with Gasteiger partial charge in [0.15, 0.2) is 0 Å². The summed E-state index contributed by atoms with van der Waals surface area (Å²) in [7, 11) is 0. The van der Waals surface area contributed by atoms with Crippen LogP contribution in [-0.2, 0) is 0 Å². The van der Waals surface area contributed by atoms with Gasteiger partial charge in [-0.05, 0) is 69.8 Å². The summed E-state index contributed by atoms with van der Waals surface area (Å²) in [6, 6.07) is 16.6. The number of likely N-dealkylation sites (tertiary alicyclic amines) is 1. The van der Waals surface area contributed by atoms with Gasteiger partial charge >= 0.3 is 0 Å². The van der Waals surface area contributed by atoms with E-state index in [-0.39, 0.29) is 11.9 Å². The third kappa shape index (κ3) is 5.54. The number of H-pyrrole nitrogens is 1. The first-order valence-corrected chi connectivity index (χ1v) is 12.3. The van der Waals surface area contributed by atoms with Crippen molar-refractivity contribution in [3.8, 4) is 0 Å². The fourth-order valence-corrected chi connectivity index (χ4v) is 5.07. The van der Waals surface area contributed by atoms with Gasteiger partial charge in [0.25, 0.3) is 5.91 Å². The first-order chi connectivity index (χ1) is 15.5. The number of piperidine rings is 1. The number of halogens is 1. The Morgan fingerprint density at radius 3 is 2.62 bits per heavy atom. The maximum absolute atomic E-state index is 13.1. The van der Waals surface area contributed by atoms with Crippen LogP contribution in [0.3, 0.4) is 0 Å². The second-order valence-corrected chi connectivity index (χ2v) is 9.74. The summed E-state index contributed by atoms with van der Waals surface area (Å²) in [5.74, 6) is 0.758. The predicted octanol–water partition coefficient (Wildman–Crippen LogP) is 6.58. The van der Waals surface area contributed by atoms with Crippen molar-refractivity contribution in [3.63, 3.8) is 0 Å². The maximum atomic E-state index is 13.1. The van der Waals surface area contributed by atoms with Gasteiger partial charge in [-0.25, -0.2) is 0 Å². The molecule has 5 heteroatoms. The molecule has 0 saturated carbocycles. The highest BCUT2D eigenvalue weighted by atomic mass is 35.5. The fourth-order valence-electron chi connectivity index (χ4n) is 4.85. The number of carbonyl (C=O) groups excluding carboxylic acids is 1. The van der Waals surface area contributed by atoms with Crippen LogP contribution in [0.25, 0.3) is 10.9 Å². The average Bonchev–Trinajstić information content (AvgIpc) is 3.19. The molecule has 170 valence electrons. The van der Waals surface area contributed by atoms with Crippen LogP contribution in [0, 0.1) is 5.92 Å². The molecule has 1 saturated heterocycles. The molecule has 0 bridgehead atoms. The van der Waals surface area contributed by atoms with Crippen molar-refractivity contribution in [2.24, 2.45) is 5.92 Å². The van der Waals surface area contributed by atoms with Crippen LogP contribution in [0.15, 0.2) is 54.7 Å². The lowest BCUT2D eigenvalue weighted by Crippen LogP contribution is -2.38. The number of hydrogen-bond donors (Lipinski definition) is 2. The van der Waals surface area contributed by atoms with E-state index in [1.54, 1.807) is 6.20 Å². The van der Waals surface area contributed by atoms with Crippen molar-refractivity contribution in [3.05, 3.63) is 70.9 Å². The first-order valence-electron chi connectivity index (χ1n) is 11.9. The summed E-state index contributed by atoms with van der Waals surface area (Å²) in [5, 5.41) is 4.90. The highest BCUT2D eigenvalue weighted by molar-refractivity contribution is 6.35. The van der Waals surface area contributed by atoms with Crippen LogP contribution >= 0.6 is 11.6 Å². The predicted molar refractivity (Wildman–Crippen MR) is 133 cm³/mol. The molecule has 2 heterocycles. The standard InChI is InChI=1S/C27H34ClN3O/c1-19(2)31-15-13-20(14-16-31)7-6-10-25(21-8-4-3-5-9-21)30-27(32)22-11-12-23-24(28)18-29-26(23)17-22/h3-5,8-9,11-12,17-20,25,29H,6-7,10,13-16H2,1-2H3,(H,30,32). The van der Waals surface area contributed by atoms with E-state index in [1.807, 2.05) is 36.4 Å². The molecule has 0 aliphatic carbocycles. The molecule has 4 rings (SSSR count). The van der Waals surface area contributed by atoms with E-state index in [0.29, 0.717) is 16.6 Å². The Morgan fingerprint density at radius 1 is 1.16 bits per heavy atom. The monoisotopic (exact) mass is 451 g/mol. The van der Waals surface area contributed by atoms with Crippen LogP contribution in [-0.4, -0.2) is 34.9 Å². The molecule has 1 aliphatic heterocycles. The molecule has 0 spiro atoms. The second-order valence-electron chi connectivity index (χ2n) is 9.34. The summed E-state index contributed by atoms with van der Waals surface area (Å²) in [6.07, 6.45) is 7.65. The Bertz CT molecular complexity index is 1020. The number of nitrogens with one attached hydrogen (secondary N) is 2. The van der Waals surface area contributed by atoms with Gasteiger partial charge in [0.1, 0.15) is 0 Å². The van der Waals surface area contributed by atoms with E-state index in [4.69, 9.17) is 11.6 Å². The quantitative estimate of drug-likeness (QED) is 0.406. The third-order valence-corrected chi connectivity index (χ3v) is 7.20. The van der Waals surface area contributed by atoms with E-state index in [0.717, 1.165) is 29.7 Å². The summed E-state index contributed by atoms with van der Waals surface area (Å²) in [5.41, 5.74) is 2.70. The van der Waals surface area contributed by atoms with Gasteiger partial charge in [0.2, 0.25) is 0 Å². The van der Waals surface area contributed by atoms with E-state index in [9.17, 15) is 4.79 Å². The zero-order valence-corrected chi connectivity index (χ0v) is 19.9. The minimum Gasteiger partial charge on any atom is -0.360 e. The van der Waals surface area contributed by atoms with Crippen LogP contribution in [0.1, 0.15) is 67.9 Å². The number of aromatic nitrogens is 1. The fraction of sp³-hybridized carbons (Fsp3) is 0.444. The molecular formula is C27H34ClN3O. The van der Waals surface area contributed by atoms with Crippen molar-refractivity contribution in [1.82, 2.24) is 15.2 Å². The molecule has 0 radical (unpaired) electrons. The Morgan fingerprint density at radius 2 is 1.91 bits per heavy atom. The molecule has 3 aromatic rings. The molecule has 1 unspecified atom stereocenters. The molecule has 1 amide bonds. The first kappa shape index (κ1) is 22.9. The molecule has 1 aliphatic rings. The van der Waals surface area contributed by atoms with Crippen molar-refractivity contribution >= 4 is 28.4 Å². The average molecular weight is 452 g/mol. The minimum atomic E-state index is -0.0447. The summed E-state index contributed by atoms with van der Waals surface area (Å²) >= 11 is 6.18. The number of benzene rings is 2. The lowest BCUT2D eigenvalue weighted by molar-refractivity contribution is 0.0933. The number of carbonyl (C=O) groups is 1. The van der Waals surface area contributed by atoms with Gasteiger partial charge in [-0.15, -0.1) is 0 Å². The Kier molecular flexibility index (Phi) is 7.54. The molecule has 1 fully saturated rings. The molecule has 32 heavy (non-hydrogen) atoms. The van der Waals surface area contributed by atoms with Crippen LogP contribution in [0.4, 0.5) is 0 Å². The molecule has 1 aromatic heterocycles. The lowest BCUT2D eigenvalue weighted by Gasteiger charge is -2.34. The highest BCUT2D eigenvalue weighted by Crippen LogP contribution is 2.28. The molecule has 2 N–H and O–H groups in total. The number of fused-ring (bicyclic) bond motifs is 1. The lowest BCUT2D eigenvalue weighted by atomic mass is 9.89. The van der Waals surface area contributed by atoms with Gasteiger partial charge in [0, 0.05) is 28.7 Å². The van der Waals surface area contributed by atoms with Crippen molar-refractivity contribution < 1.29 is 4.79 Å². The van der Waals surface area contributed by atoms with Crippen LogP contribution < -0.4 is 5.32 Å². The smallest absolute Gasteiger partial charge is 0.251 e. The van der Waals surface area contributed by atoms with Gasteiger partial charge in [-0.3, -0.25) is 4.79 Å². The van der Waals surface area contributed by atoms with Gasteiger partial charge < -0.3 is 15.2 Å². The van der Waals surface area contributed by atoms with Crippen LogP contribution in [0.5, 0.6) is 0 Å². The third-order valence-electron chi connectivity index (χ3n) is 6.89. The SMILES string of the molecule is CC(C)N1CCC(CCCC(NC(=O)c2ccc3c(Cl)c[nH]c3c2)c2ccccc2)CC1. The minimum absolute atomic E-state index is 0.0161. The van der Waals surface area contributed by atoms with Crippen molar-refractivity contribution in [2.75, 3.05) is 13.1 Å². The summed E-state index contributed by atoms with van der Waals surface area (Å²) in [4.78, 5) is 18.8. The maximum Gasteiger partial charge on any atom is 0.251 e. The molecular weight excluding hydrogens is 418 g/mol. The normalized spacial score (nSPS) is 16.5. The van der Waals surface area contributed by atoms with Crippen molar-refractivity contribution in [2.45, 2.75) is 58.0 Å². The summed E-state index contributed by atoms with van der Waals surface area (Å²) in [6.45, 7) is 7.00. The number of aromatic amines is 1. The van der Waals surface area contributed by atoms with E-state index >= 15 is 0 Å². The zero-order chi connectivity index (χ0) is 22.5. The van der Waals surface area contributed by atoms with E-state index < -0.39 is 0 Å². The zero-order valence-electron chi connectivity index (χ0n) is 19.1. The largest absolute Gasteiger partial charge is 0.360 e. The van der Waals surface area contributed by atoms with Gasteiger partial charge in [-0.2, -0.15) is 0 Å². The molecule has 2 aromatic carbocycles. The Balaban J connectivity index is 1.38. The van der Waals surface area contributed by atoms with Gasteiger partial charge in [-0.1, -0.05) is 60.8 Å². The topological polar surface area (TPSA) is 48.1 Å². The van der Waals surface area contributed by atoms with E-state index in [2.05, 4.69) is 41.2 Å². The van der Waals surface area contributed by atoms with Gasteiger partial charge in [0.05, 0.1) is 11.1 Å². The molecule has 4 nitrogen and oxygen atoms in total. The number of rotatable bonds is 8. The van der Waals surface area contributed by atoms with E-state index in [1.165, 1.54) is 37.9 Å². The Labute approximate surface area is 196 Å².